The molecule has 0 radical (unpaired) electrons. The Morgan fingerprint density at radius 1 is 1.56 bits per heavy atom. The summed E-state index contributed by atoms with van der Waals surface area (Å²) in [6.07, 6.45) is -0.792. The van der Waals surface area contributed by atoms with Gasteiger partial charge in [-0.1, -0.05) is 15.9 Å². The van der Waals surface area contributed by atoms with E-state index in [-0.39, 0.29) is 18.2 Å². The first-order valence-electron chi connectivity index (χ1n) is 4.34. The van der Waals surface area contributed by atoms with Crippen LogP contribution in [-0.2, 0) is 0 Å². The topological polar surface area (TPSA) is 72.6 Å². The largest absolute Gasteiger partial charge is 0.491 e. The smallest absolute Gasteiger partial charge is 0.274 e. The number of hydrogen-bond acceptors (Lipinski definition) is 4. The van der Waals surface area contributed by atoms with E-state index in [9.17, 15) is 10.1 Å². The number of aliphatic hydroxyl groups is 1. The molecule has 1 unspecified atom stereocenters. The van der Waals surface area contributed by atoms with Crippen molar-refractivity contribution in [2.24, 2.45) is 0 Å². The van der Waals surface area contributed by atoms with Crippen molar-refractivity contribution >= 4 is 33.2 Å². The lowest BCUT2D eigenvalue weighted by molar-refractivity contribution is -0.385. The minimum atomic E-state index is -0.792. The first-order valence-corrected chi connectivity index (χ1v) is 5.67. The summed E-state index contributed by atoms with van der Waals surface area (Å²) in [6, 6.07) is 4.23. The molecule has 1 aromatic carbocycles. The fraction of sp³-hybridized carbons (Fsp3) is 0.333. The highest BCUT2D eigenvalue weighted by Crippen LogP contribution is 2.26. The number of hydrogen-bond donors (Lipinski definition) is 1. The SMILES string of the molecule is O=[N+]([O-])c1cc(Br)cc(OCC(O)CCl)c1. The highest BCUT2D eigenvalue weighted by atomic mass is 79.9. The summed E-state index contributed by atoms with van der Waals surface area (Å²) in [5, 5.41) is 19.7. The van der Waals surface area contributed by atoms with Gasteiger partial charge in [0, 0.05) is 10.5 Å². The van der Waals surface area contributed by atoms with Crippen LogP contribution in [0.3, 0.4) is 0 Å². The van der Waals surface area contributed by atoms with Crippen LogP contribution in [0.4, 0.5) is 5.69 Å². The van der Waals surface area contributed by atoms with Crippen LogP contribution in [0.15, 0.2) is 22.7 Å². The molecule has 16 heavy (non-hydrogen) atoms. The van der Waals surface area contributed by atoms with E-state index in [4.69, 9.17) is 21.4 Å². The summed E-state index contributed by atoms with van der Waals surface area (Å²) in [6.45, 7) is -0.00287. The second kappa shape index (κ2) is 6.03. The molecule has 7 heteroatoms. The quantitative estimate of drug-likeness (QED) is 0.515. The summed E-state index contributed by atoms with van der Waals surface area (Å²) in [7, 11) is 0. The van der Waals surface area contributed by atoms with Crippen molar-refractivity contribution in [3.63, 3.8) is 0 Å². The van der Waals surface area contributed by atoms with Gasteiger partial charge in [0.2, 0.25) is 0 Å². The highest BCUT2D eigenvalue weighted by Gasteiger charge is 2.10. The third-order valence-electron chi connectivity index (χ3n) is 1.69. The highest BCUT2D eigenvalue weighted by molar-refractivity contribution is 9.10. The number of ether oxygens (including phenoxy) is 1. The molecule has 1 N–H and O–H groups in total. The zero-order chi connectivity index (χ0) is 12.1. The first kappa shape index (κ1) is 13.2. The number of rotatable bonds is 5. The minimum absolute atomic E-state index is 0.00287. The number of aliphatic hydroxyl groups excluding tert-OH is 1. The van der Waals surface area contributed by atoms with Crippen molar-refractivity contribution in [3.05, 3.63) is 32.8 Å². The molecule has 0 aromatic heterocycles. The van der Waals surface area contributed by atoms with Crippen LogP contribution >= 0.6 is 27.5 Å². The van der Waals surface area contributed by atoms with E-state index in [0.29, 0.717) is 10.2 Å². The number of nitrogens with zero attached hydrogens (tertiary/aromatic N) is 1. The van der Waals surface area contributed by atoms with Gasteiger partial charge in [-0.15, -0.1) is 11.6 Å². The zero-order valence-electron chi connectivity index (χ0n) is 8.10. The summed E-state index contributed by atoms with van der Waals surface area (Å²) in [5.41, 5.74) is -0.0789. The van der Waals surface area contributed by atoms with Crippen molar-refractivity contribution in [1.29, 1.82) is 0 Å². The van der Waals surface area contributed by atoms with Crippen molar-refractivity contribution in [3.8, 4) is 5.75 Å². The molecule has 0 amide bonds. The first-order chi connectivity index (χ1) is 7.52. The molecule has 0 saturated carbocycles. The third-order valence-corrected chi connectivity index (χ3v) is 2.50. The summed E-state index contributed by atoms with van der Waals surface area (Å²) >= 11 is 8.52. The average molecular weight is 311 g/mol. The Morgan fingerprint density at radius 2 is 2.25 bits per heavy atom. The number of halogens is 2. The van der Waals surface area contributed by atoms with E-state index in [1.54, 1.807) is 6.07 Å². The average Bonchev–Trinajstić information content (AvgIpc) is 2.25. The molecule has 1 rings (SSSR count). The van der Waals surface area contributed by atoms with Crippen LogP contribution in [0.5, 0.6) is 5.75 Å². The fourth-order valence-electron chi connectivity index (χ4n) is 0.974. The van der Waals surface area contributed by atoms with Gasteiger partial charge in [-0.3, -0.25) is 10.1 Å². The molecule has 0 aliphatic heterocycles. The van der Waals surface area contributed by atoms with E-state index in [0.717, 1.165) is 0 Å². The maximum Gasteiger partial charge on any atom is 0.274 e. The Kier molecular flexibility index (Phi) is 4.98. The predicted octanol–water partition coefficient (Wildman–Crippen LogP) is 2.34. The molecule has 1 atom stereocenters. The summed E-state index contributed by atoms with van der Waals surface area (Å²) < 4.78 is 5.70. The molecule has 0 heterocycles. The van der Waals surface area contributed by atoms with Crippen LogP contribution in [0, 0.1) is 10.1 Å². The maximum atomic E-state index is 10.6. The summed E-state index contributed by atoms with van der Waals surface area (Å²) in [5.74, 6) is 0.362. The molecule has 0 fully saturated rings. The third kappa shape index (κ3) is 3.96. The molecule has 0 bridgehead atoms. The van der Waals surface area contributed by atoms with Gasteiger partial charge in [-0.25, -0.2) is 0 Å². The standard InChI is InChI=1S/C9H9BrClNO4/c10-6-1-7(12(14)15)3-9(2-6)16-5-8(13)4-11/h1-3,8,13H,4-5H2. The van der Waals surface area contributed by atoms with E-state index in [1.807, 2.05) is 0 Å². The molecule has 0 saturated heterocycles. The Hall–Kier alpha value is -0.850. The zero-order valence-corrected chi connectivity index (χ0v) is 10.4. The van der Waals surface area contributed by atoms with Gasteiger partial charge >= 0.3 is 0 Å². The van der Waals surface area contributed by atoms with Crippen LogP contribution in [0.25, 0.3) is 0 Å². The Morgan fingerprint density at radius 3 is 2.81 bits per heavy atom. The maximum absolute atomic E-state index is 10.6. The molecular formula is C9H9BrClNO4. The van der Waals surface area contributed by atoms with Gasteiger partial charge in [0.15, 0.2) is 0 Å². The lowest BCUT2D eigenvalue weighted by atomic mass is 10.3. The van der Waals surface area contributed by atoms with E-state index < -0.39 is 11.0 Å². The Balaban J connectivity index is 2.76. The lowest BCUT2D eigenvalue weighted by Crippen LogP contribution is -2.18. The lowest BCUT2D eigenvalue weighted by Gasteiger charge is -2.09. The Bertz CT molecular complexity index is 388. The number of non-ortho nitro benzene ring substituents is 1. The van der Waals surface area contributed by atoms with E-state index in [2.05, 4.69) is 15.9 Å². The monoisotopic (exact) mass is 309 g/mol. The van der Waals surface area contributed by atoms with E-state index >= 15 is 0 Å². The van der Waals surface area contributed by atoms with Crippen molar-refractivity contribution in [2.75, 3.05) is 12.5 Å². The summed E-state index contributed by atoms with van der Waals surface area (Å²) in [4.78, 5) is 10.0. The van der Waals surface area contributed by atoms with Gasteiger partial charge in [0.1, 0.15) is 18.5 Å². The molecule has 0 aliphatic rings. The Labute approximate surface area is 105 Å². The molecular weight excluding hydrogens is 301 g/mol. The second-order valence-corrected chi connectivity index (χ2v) is 4.25. The minimum Gasteiger partial charge on any atom is -0.491 e. The van der Waals surface area contributed by atoms with Crippen LogP contribution in [-0.4, -0.2) is 28.6 Å². The molecule has 5 nitrogen and oxygen atoms in total. The molecule has 1 aromatic rings. The van der Waals surface area contributed by atoms with Gasteiger partial charge in [0.25, 0.3) is 5.69 Å². The number of nitro benzene ring substituents is 1. The van der Waals surface area contributed by atoms with Crippen molar-refractivity contribution in [2.45, 2.75) is 6.10 Å². The number of benzene rings is 1. The van der Waals surface area contributed by atoms with Crippen LogP contribution in [0.2, 0.25) is 0 Å². The molecule has 0 spiro atoms. The van der Waals surface area contributed by atoms with Crippen molar-refractivity contribution < 1.29 is 14.8 Å². The normalized spacial score (nSPS) is 12.2. The predicted molar refractivity (Wildman–Crippen MR) is 63.0 cm³/mol. The van der Waals surface area contributed by atoms with Gasteiger partial charge in [-0.2, -0.15) is 0 Å². The molecule has 0 aliphatic carbocycles. The van der Waals surface area contributed by atoms with E-state index in [1.165, 1.54) is 12.1 Å². The van der Waals surface area contributed by atoms with Crippen LogP contribution in [0.1, 0.15) is 0 Å². The van der Waals surface area contributed by atoms with Gasteiger partial charge in [0.05, 0.1) is 16.9 Å². The number of nitro groups is 1. The fourth-order valence-corrected chi connectivity index (χ4v) is 1.52. The molecule has 88 valence electrons. The van der Waals surface area contributed by atoms with Gasteiger partial charge in [-0.05, 0) is 6.07 Å². The van der Waals surface area contributed by atoms with Crippen molar-refractivity contribution in [1.82, 2.24) is 0 Å². The van der Waals surface area contributed by atoms with Crippen LogP contribution < -0.4 is 4.74 Å². The second-order valence-electron chi connectivity index (χ2n) is 3.02. The number of alkyl halides is 1. The van der Waals surface area contributed by atoms with Gasteiger partial charge < -0.3 is 9.84 Å².